The maximum absolute atomic E-state index is 12.1. The Morgan fingerprint density at radius 1 is 1.59 bits per heavy atom. The molecule has 1 aliphatic heterocycles. The number of rotatable bonds is 5. The summed E-state index contributed by atoms with van der Waals surface area (Å²) in [5, 5.41) is 7.73. The van der Waals surface area contributed by atoms with Crippen LogP contribution in [0.15, 0.2) is 6.07 Å². The van der Waals surface area contributed by atoms with E-state index >= 15 is 0 Å². The molecule has 2 heterocycles. The van der Waals surface area contributed by atoms with Crippen LogP contribution in [0.25, 0.3) is 0 Å². The first-order valence-electron chi connectivity index (χ1n) is 6.56. The Hall–Kier alpha value is -1.16. The van der Waals surface area contributed by atoms with Gasteiger partial charge in [0.2, 0.25) is 0 Å². The minimum atomic E-state index is 0.0697. The standard InChI is InChI=1S/C13H21N3O/c1-3-10-8-11(16(4-2)15-10)9-13(17)12-6-5-7-14-12/h8,12,14H,3-7,9H2,1-2H3. The lowest BCUT2D eigenvalue weighted by Crippen LogP contribution is -2.32. The molecule has 94 valence electrons. The van der Waals surface area contributed by atoms with E-state index < -0.39 is 0 Å². The molecule has 0 amide bonds. The third kappa shape index (κ3) is 2.75. The third-order valence-electron chi connectivity index (χ3n) is 3.38. The van der Waals surface area contributed by atoms with Gasteiger partial charge in [-0.25, -0.2) is 0 Å². The van der Waals surface area contributed by atoms with Gasteiger partial charge in [0.05, 0.1) is 18.2 Å². The average Bonchev–Trinajstić information content (AvgIpc) is 2.97. The normalized spacial score (nSPS) is 19.8. The van der Waals surface area contributed by atoms with Gasteiger partial charge in [0.15, 0.2) is 5.78 Å². The molecule has 0 bridgehead atoms. The number of aromatic nitrogens is 2. The van der Waals surface area contributed by atoms with Crippen molar-refractivity contribution in [2.75, 3.05) is 6.54 Å². The number of carbonyl (C=O) groups excluding carboxylic acids is 1. The van der Waals surface area contributed by atoms with Crippen molar-refractivity contribution in [3.63, 3.8) is 0 Å². The molecule has 1 fully saturated rings. The molecular weight excluding hydrogens is 214 g/mol. The summed E-state index contributed by atoms with van der Waals surface area (Å²) in [6.45, 7) is 5.96. The Bertz CT molecular complexity index is 391. The van der Waals surface area contributed by atoms with Gasteiger partial charge in [0, 0.05) is 12.2 Å². The van der Waals surface area contributed by atoms with Crippen LogP contribution in [0.1, 0.15) is 38.1 Å². The fourth-order valence-electron chi connectivity index (χ4n) is 2.36. The quantitative estimate of drug-likeness (QED) is 0.837. The van der Waals surface area contributed by atoms with E-state index in [1.807, 2.05) is 4.68 Å². The van der Waals surface area contributed by atoms with Gasteiger partial charge in [-0.15, -0.1) is 0 Å². The monoisotopic (exact) mass is 235 g/mol. The largest absolute Gasteiger partial charge is 0.307 e. The fraction of sp³-hybridized carbons (Fsp3) is 0.692. The zero-order valence-corrected chi connectivity index (χ0v) is 10.7. The number of carbonyl (C=O) groups is 1. The molecule has 0 radical (unpaired) electrons. The van der Waals surface area contributed by atoms with Gasteiger partial charge in [-0.05, 0) is 38.8 Å². The van der Waals surface area contributed by atoms with Crippen molar-refractivity contribution in [2.45, 2.75) is 52.1 Å². The molecule has 2 rings (SSSR count). The first-order chi connectivity index (χ1) is 8.24. The predicted octanol–water partition coefficient (Wildman–Crippen LogP) is 1.33. The molecule has 1 aliphatic rings. The smallest absolute Gasteiger partial charge is 0.155 e. The Labute approximate surface area is 102 Å². The SMILES string of the molecule is CCc1cc(CC(=O)C2CCCN2)n(CC)n1. The Morgan fingerprint density at radius 2 is 2.41 bits per heavy atom. The lowest BCUT2D eigenvalue weighted by atomic mass is 10.1. The fourth-order valence-corrected chi connectivity index (χ4v) is 2.36. The van der Waals surface area contributed by atoms with E-state index in [4.69, 9.17) is 0 Å². The Balaban J connectivity index is 2.06. The second-order valence-electron chi connectivity index (χ2n) is 4.59. The van der Waals surface area contributed by atoms with Crippen molar-refractivity contribution in [3.8, 4) is 0 Å². The minimum Gasteiger partial charge on any atom is -0.307 e. The number of hydrogen-bond donors (Lipinski definition) is 1. The van der Waals surface area contributed by atoms with E-state index in [1.165, 1.54) is 0 Å². The summed E-state index contributed by atoms with van der Waals surface area (Å²) < 4.78 is 1.95. The van der Waals surface area contributed by atoms with Crippen LogP contribution in [-0.2, 0) is 24.2 Å². The van der Waals surface area contributed by atoms with Crippen LogP contribution in [0, 0.1) is 0 Å². The second kappa shape index (κ2) is 5.45. The van der Waals surface area contributed by atoms with Crippen LogP contribution in [-0.4, -0.2) is 28.2 Å². The van der Waals surface area contributed by atoms with E-state index in [0.717, 1.165) is 43.7 Å². The lowest BCUT2D eigenvalue weighted by Gasteiger charge is -2.09. The van der Waals surface area contributed by atoms with Gasteiger partial charge in [0.1, 0.15) is 0 Å². The molecule has 17 heavy (non-hydrogen) atoms. The number of Topliss-reactive ketones (excluding diaryl/α,β-unsaturated/α-hetero) is 1. The highest BCUT2D eigenvalue weighted by Gasteiger charge is 2.23. The molecule has 1 saturated heterocycles. The Kier molecular flexibility index (Phi) is 3.94. The maximum Gasteiger partial charge on any atom is 0.155 e. The number of hydrogen-bond acceptors (Lipinski definition) is 3. The molecule has 0 aromatic carbocycles. The summed E-state index contributed by atoms with van der Waals surface area (Å²) in [4.78, 5) is 12.1. The van der Waals surface area contributed by atoms with Crippen molar-refractivity contribution >= 4 is 5.78 Å². The van der Waals surface area contributed by atoms with Gasteiger partial charge in [0.25, 0.3) is 0 Å². The maximum atomic E-state index is 12.1. The van der Waals surface area contributed by atoms with Crippen molar-refractivity contribution in [3.05, 3.63) is 17.5 Å². The van der Waals surface area contributed by atoms with Crippen molar-refractivity contribution < 1.29 is 4.79 Å². The zero-order chi connectivity index (χ0) is 12.3. The van der Waals surface area contributed by atoms with E-state index in [2.05, 4.69) is 30.3 Å². The summed E-state index contributed by atoms with van der Waals surface area (Å²) in [5.41, 5.74) is 2.14. The molecule has 0 saturated carbocycles. The summed E-state index contributed by atoms with van der Waals surface area (Å²) in [6, 6.07) is 2.14. The molecule has 4 heteroatoms. The number of nitrogens with one attached hydrogen (secondary N) is 1. The summed E-state index contributed by atoms with van der Waals surface area (Å²) in [6.07, 6.45) is 3.54. The van der Waals surface area contributed by atoms with Gasteiger partial charge in [-0.2, -0.15) is 5.10 Å². The van der Waals surface area contributed by atoms with Gasteiger partial charge < -0.3 is 5.32 Å². The lowest BCUT2D eigenvalue weighted by molar-refractivity contribution is -0.120. The molecule has 1 atom stereocenters. The van der Waals surface area contributed by atoms with Crippen LogP contribution in [0.5, 0.6) is 0 Å². The minimum absolute atomic E-state index is 0.0697. The number of aryl methyl sites for hydroxylation is 2. The Morgan fingerprint density at radius 3 is 3.00 bits per heavy atom. The van der Waals surface area contributed by atoms with Crippen LogP contribution >= 0.6 is 0 Å². The van der Waals surface area contributed by atoms with Crippen LogP contribution in [0.2, 0.25) is 0 Å². The van der Waals surface area contributed by atoms with E-state index in [-0.39, 0.29) is 6.04 Å². The molecular formula is C13H21N3O. The second-order valence-corrected chi connectivity index (χ2v) is 4.59. The highest BCUT2D eigenvalue weighted by Crippen LogP contribution is 2.12. The van der Waals surface area contributed by atoms with Crippen LogP contribution in [0.3, 0.4) is 0 Å². The van der Waals surface area contributed by atoms with E-state index in [9.17, 15) is 4.79 Å². The highest BCUT2D eigenvalue weighted by atomic mass is 16.1. The van der Waals surface area contributed by atoms with Crippen molar-refractivity contribution in [1.82, 2.24) is 15.1 Å². The predicted molar refractivity (Wildman–Crippen MR) is 67.0 cm³/mol. The van der Waals surface area contributed by atoms with Gasteiger partial charge >= 0.3 is 0 Å². The van der Waals surface area contributed by atoms with Gasteiger partial charge in [-0.3, -0.25) is 9.48 Å². The molecule has 0 spiro atoms. The molecule has 1 aromatic heterocycles. The molecule has 4 nitrogen and oxygen atoms in total. The topological polar surface area (TPSA) is 46.9 Å². The molecule has 1 N–H and O–H groups in total. The van der Waals surface area contributed by atoms with E-state index in [0.29, 0.717) is 12.2 Å². The van der Waals surface area contributed by atoms with Gasteiger partial charge in [-0.1, -0.05) is 6.92 Å². The highest BCUT2D eigenvalue weighted by molar-refractivity contribution is 5.86. The summed E-state index contributed by atoms with van der Waals surface area (Å²) >= 11 is 0. The third-order valence-corrected chi connectivity index (χ3v) is 3.38. The van der Waals surface area contributed by atoms with E-state index in [1.54, 1.807) is 0 Å². The first kappa shape index (κ1) is 12.3. The summed E-state index contributed by atoms with van der Waals surface area (Å²) in [7, 11) is 0. The molecule has 0 aliphatic carbocycles. The van der Waals surface area contributed by atoms with Crippen LogP contribution < -0.4 is 5.32 Å². The average molecular weight is 235 g/mol. The number of nitrogens with zero attached hydrogens (tertiary/aromatic N) is 2. The van der Waals surface area contributed by atoms with Crippen molar-refractivity contribution in [1.29, 1.82) is 0 Å². The zero-order valence-electron chi connectivity index (χ0n) is 10.7. The number of ketones is 1. The van der Waals surface area contributed by atoms with Crippen LogP contribution in [0.4, 0.5) is 0 Å². The summed E-state index contributed by atoms with van der Waals surface area (Å²) in [5.74, 6) is 0.305. The van der Waals surface area contributed by atoms with Crippen molar-refractivity contribution in [2.24, 2.45) is 0 Å². The molecule has 1 aromatic rings. The first-order valence-corrected chi connectivity index (χ1v) is 6.56. The molecule has 1 unspecified atom stereocenters.